The van der Waals surface area contributed by atoms with E-state index in [1.807, 2.05) is 6.92 Å². The van der Waals surface area contributed by atoms with Crippen LogP contribution in [0.4, 0.5) is 4.79 Å². The first-order valence-electron chi connectivity index (χ1n) is 4.46. The molecule has 14 heavy (non-hydrogen) atoms. The molecular weight excluding hydrogens is 186 g/mol. The normalized spacial score (nSPS) is 10.1. The smallest absolute Gasteiger partial charge is 0.251 e. The van der Waals surface area contributed by atoms with E-state index < -0.39 is 6.16 Å². The maximum absolute atomic E-state index is 9.03. The second-order valence-corrected chi connectivity index (χ2v) is 3.66. The van der Waals surface area contributed by atoms with Gasteiger partial charge in [0.1, 0.15) is 6.54 Å². The van der Waals surface area contributed by atoms with Gasteiger partial charge >= 0.3 is 0 Å². The second kappa shape index (κ2) is 8.77. The van der Waals surface area contributed by atoms with E-state index in [1.54, 1.807) is 0 Å². The van der Waals surface area contributed by atoms with Gasteiger partial charge in [-0.25, -0.2) is 0 Å². The van der Waals surface area contributed by atoms with E-state index in [9.17, 15) is 0 Å². The van der Waals surface area contributed by atoms with Crippen molar-refractivity contribution in [2.45, 2.75) is 6.92 Å². The lowest BCUT2D eigenvalue weighted by Gasteiger charge is -2.23. The van der Waals surface area contributed by atoms with Crippen LogP contribution in [0.5, 0.6) is 0 Å². The van der Waals surface area contributed by atoms with E-state index in [-0.39, 0.29) is 0 Å². The van der Waals surface area contributed by atoms with Crippen LogP contribution in [-0.4, -0.2) is 58.6 Å². The lowest BCUT2D eigenvalue weighted by atomic mass is 10.5. The van der Waals surface area contributed by atoms with Crippen LogP contribution in [0, 0.1) is 0 Å². The van der Waals surface area contributed by atoms with Gasteiger partial charge in [0, 0.05) is 13.7 Å². The summed E-state index contributed by atoms with van der Waals surface area (Å²) < 4.78 is 9.74. The van der Waals surface area contributed by atoms with Gasteiger partial charge in [-0.15, -0.1) is 0 Å². The maximum atomic E-state index is 9.03. The quantitative estimate of drug-likeness (QED) is 0.361. The van der Waals surface area contributed by atoms with Crippen LogP contribution in [-0.2, 0) is 9.47 Å². The van der Waals surface area contributed by atoms with Crippen LogP contribution in [0.3, 0.4) is 0 Å². The minimum atomic E-state index is -1.50. The molecule has 0 radical (unpaired) electrons. The van der Waals surface area contributed by atoms with Gasteiger partial charge in [0.2, 0.25) is 0 Å². The van der Waals surface area contributed by atoms with E-state index in [4.69, 9.17) is 14.6 Å². The minimum absolute atomic E-state index is 0.833. The molecule has 0 atom stereocenters. The molecule has 0 saturated carbocycles. The molecule has 0 spiro atoms. The first kappa shape index (κ1) is 15.7. The van der Waals surface area contributed by atoms with Gasteiger partial charge in [-0.2, -0.15) is 0 Å². The van der Waals surface area contributed by atoms with Crippen LogP contribution in [0.1, 0.15) is 6.92 Å². The topological polar surface area (TPSA) is 58.6 Å². The molecular formula is C9H21NO4. The highest BCUT2D eigenvalue weighted by Gasteiger charge is 2.04. The summed E-state index contributed by atoms with van der Waals surface area (Å²) in [4.78, 5) is 9.03. The SMILES string of the molecule is CCOCC[N+](C)(C)C.COC(=O)[O-]. The molecule has 5 heteroatoms. The second-order valence-electron chi connectivity index (χ2n) is 3.66. The zero-order valence-corrected chi connectivity index (χ0v) is 9.70. The first-order chi connectivity index (χ1) is 6.33. The van der Waals surface area contributed by atoms with Crippen molar-refractivity contribution >= 4 is 6.16 Å². The molecule has 0 saturated heterocycles. The first-order valence-corrected chi connectivity index (χ1v) is 4.46. The Balaban J connectivity index is 0. The maximum Gasteiger partial charge on any atom is 0.251 e. The molecule has 0 bridgehead atoms. The Morgan fingerprint density at radius 3 is 2.00 bits per heavy atom. The molecule has 0 aromatic heterocycles. The third-order valence-electron chi connectivity index (χ3n) is 1.28. The molecule has 0 N–H and O–H groups in total. The van der Waals surface area contributed by atoms with Crippen molar-refractivity contribution in [3.8, 4) is 0 Å². The van der Waals surface area contributed by atoms with Crippen molar-refractivity contribution in [2.75, 3.05) is 48.0 Å². The predicted molar refractivity (Wildman–Crippen MR) is 51.8 cm³/mol. The molecule has 0 aromatic carbocycles. The number of methoxy groups -OCH3 is 1. The van der Waals surface area contributed by atoms with E-state index >= 15 is 0 Å². The number of hydrogen-bond acceptors (Lipinski definition) is 4. The van der Waals surface area contributed by atoms with Crippen LogP contribution in [0.15, 0.2) is 0 Å². The van der Waals surface area contributed by atoms with Gasteiger partial charge in [-0.1, -0.05) is 0 Å². The summed E-state index contributed by atoms with van der Waals surface area (Å²) in [6.45, 7) is 4.82. The standard InChI is InChI=1S/C7H18NO.C2H4O3/c1-5-9-7-6-8(2,3)4;1-5-2(3)4/h5-7H2,1-4H3;1H3,(H,3,4)/q+1;/p-1. The number of likely N-dealkylation sites (N-methyl/N-ethyl adjacent to an activating group) is 1. The molecule has 0 heterocycles. The Bertz CT molecular complexity index is 142. The molecule has 0 unspecified atom stereocenters. The zero-order valence-electron chi connectivity index (χ0n) is 9.70. The van der Waals surface area contributed by atoms with E-state index in [1.165, 1.54) is 0 Å². The average Bonchev–Trinajstić information content (AvgIpc) is 2.04. The average molecular weight is 207 g/mol. The highest BCUT2D eigenvalue weighted by molar-refractivity contribution is 5.53. The molecule has 0 fully saturated rings. The predicted octanol–water partition coefficient (Wildman–Crippen LogP) is -0.295. The molecule has 5 nitrogen and oxygen atoms in total. The highest BCUT2D eigenvalue weighted by atomic mass is 16.6. The number of carbonyl (C=O) groups is 1. The third kappa shape index (κ3) is 22.5. The molecule has 86 valence electrons. The van der Waals surface area contributed by atoms with Crippen molar-refractivity contribution in [2.24, 2.45) is 0 Å². The minimum Gasteiger partial charge on any atom is -0.553 e. The number of carboxylic acid groups (broad SMARTS) is 1. The fraction of sp³-hybridized carbons (Fsp3) is 0.889. The largest absolute Gasteiger partial charge is 0.553 e. The Labute approximate surface area is 85.8 Å². The highest BCUT2D eigenvalue weighted by Crippen LogP contribution is 1.88. The zero-order chi connectivity index (χ0) is 11.6. The number of rotatable bonds is 4. The van der Waals surface area contributed by atoms with E-state index in [0.717, 1.165) is 31.4 Å². The summed E-state index contributed by atoms with van der Waals surface area (Å²) in [5, 5.41) is 9.03. The van der Waals surface area contributed by atoms with E-state index in [2.05, 4.69) is 25.9 Å². The van der Waals surface area contributed by atoms with Crippen LogP contribution in [0.2, 0.25) is 0 Å². The van der Waals surface area contributed by atoms with Crippen molar-refractivity contribution in [3.63, 3.8) is 0 Å². The van der Waals surface area contributed by atoms with E-state index in [0.29, 0.717) is 0 Å². The Hall–Kier alpha value is -0.810. The fourth-order valence-corrected chi connectivity index (χ4v) is 0.483. The van der Waals surface area contributed by atoms with Gasteiger partial charge in [-0.3, -0.25) is 0 Å². The third-order valence-corrected chi connectivity index (χ3v) is 1.28. The number of carbonyl (C=O) groups excluding carboxylic acids is 1. The number of hydrogen-bond donors (Lipinski definition) is 0. The Morgan fingerprint density at radius 1 is 1.36 bits per heavy atom. The fourth-order valence-electron chi connectivity index (χ4n) is 0.483. The van der Waals surface area contributed by atoms with Gasteiger partial charge in [0.15, 0.2) is 0 Å². The summed E-state index contributed by atoms with van der Waals surface area (Å²) in [7, 11) is 7.53. The Morgan fingerprint density at radius 2 is 1.79 bits per heavy atom. The lowest BCUT2D eigenvalue weighted by Crippen LogP contribution is -2.37. The number of nitrogens with zero attached hydrogens (tertiary/aromatic N) is 1. The molecule has 0 aliphatic carbocycles. The molecule has 0 aliphatic rings. The summed E-state index contributed by atoms with van der Waals surface area (Å²) >= 11 is 0. The van der Waals surface area contributed by atoms with Crippen molar-refractivity contribution < 1.29 is 23.9 Å². The summed E-state index contributed by atoms with van der Waals surface area (Å²) in [5.74, 6) is 0. The number of quaternary nitrogens is 1. The summed E-state index contributed by atoms with van der Waals surface area (Å²) in [6.07, 6.45) is -1.50. The van der Waals surface area contributed by atoms with Crippen molar-refractivity contribution in [3.05, 3.63) is 0 Å². The summed E-state index contributed by atoms with van der Waals surface area (Å²) in [5.41, 5.74) is 0. The molecule has 0 rings (SSSR count). The lowest BCUT2D eigenvalue weighted by molar-refractivity contribution is -0.870. The Kier molecular flexibility index (Phi) is 9.81. The van der Waals surface area contributed by atoms with Gasteiger partial charge in [0.05, 0.1) is 27.7 Å². The molecule has 0 aliphatic heterocycles. The monoisotopic (exact) mass is 207 g/mol. The summed E-state index contributed by atoms with van der Waals surface area (Å²) in [6, 6.07) is 0. The molecule has 0 amide bonds. The van der Waals surface area contributed by atoms with Crippen molar-refractivity contribution in [1.29, 1.82) is 0 Å². The van der Waals surface area contributed by atoms with Crippen LogP contribution < -0.4 is 5.11 Å². The molecule has 0 aromatic rings. The van der Waals surface area contributed by atoms with Crippen LogP contribution >= 0.6 is 0 Å². The van der Waals surface area contributed by atoms with Crippen LogP contribution in [0.25, 0.3) is 0 Å². The van der Waals surface area contributed by atoms with Gasteiger partial charge in [-0.05, 0) is 6.92 Å². The van der Waals surface area contributed by atoms with Gasteiger partial charge in [0.25, 0.3) is 6.16 Å². The van der Waals surface area contributed by atoms with Crippen molar-refractivity contribution in [1.82, 2.24) is 0 Å². The van der Waals surface area contributed by atoms with Gasteiger partial charge < -0.3 is 23.9 Å². The number of ether oxygens (including phenoxy) is 2.